The van der Waals surface area contributed by atoms with Gasteiger partial charge in [-0.3, -0.25) is 4.79 Å². The highest BCUT2D eigenvalue weighted by atomic mass is 32.1. The van der Waals surface area contributed by atoms with Gasteiger partial charge in [-0.05, 0) is 30.9 Å². The normalized spacial score (nSPS) is 14.7. The summed E-state index contributed by atoms with van der Waals surface area (Å²) in [5.74, 6) is 0.840. The predicted molar refractivity (Wildman–Crippen MR) is 78.3 cm³/mol. The van der Waals surface area contributed by atoms with E-state index in [1.807, 2.05) is 12.1 Å². The summed E-state index contributed by atoms with van der Waals surface area (Å²) < 4.78 is 0. The lowest BCUT2D eigenvalue weighted by Gasteiger charge is -2.03. The van der Waals surface area contributed by atoms with E-state index < -0.39 is 0 Å². The van der Waals surface area contributed by atoms with E-state index in [9.17, 15) is 4.79 Å². The van der Waals surface area contributed by atoms with Crippen molar-refractivity contribution in [3.8, 4) is 0 Å². The maximum atomic E-state index is 12.1. The standard InChI is InChI=1S/C14H17N3OS/c15-11-10-4-2-8-17-14(10)19-12(11)13(18)16-7-1-3-9-5-6-9/h2,4,8-9H,1,3,5-7,15H2,(H,16,18). The Morgan fingerprint density at radius 2 is 2.37 bits per heavy atom. The number of hydrogen-bond donors (Lipinski definition) is 2. The molecule has 1 amide bonds. The molecule has 3 rings (SSSR count). The molecule has 1 saturated carbocycles. The zero-order valence-electron chi connectivity index (χ0n) is 10.7. The minimum atomic E-state index is -0.0729. The lowest BCUT2D eigenvalue weighted by Crippen LogP contribution is -2.24. The van der Waals surface area contributed by atoms with Crippen molar-refractivity contribution in [2.75, 3.05) is 12.3 Å². The highest BCUT2D eigenvalue weighted by Crippen LogP contribution is 2.33. The van der Waals surface area contributed by atoms with Gasteiger partial charge in [0.15, 0.2) is 0 Å². The van der Waals surface area contributed by atoms with Crippen LogP contribution in [0.2, 0.25) is 0 Å². The van der Waals surface area contributed by atoms with Crippen LogP contribution in [-0.4, -0.2) is 17.4 Å². The van der Waals surface area contributed by atoms with Crippen molar-refractivity contribution < 1.29 is 4.79 Å². The van der Waals surface area contributed by atoms with Crippen LogP contribution >= 0.6 is 11.3 Å². The fourth-order valence-electron chi connectivity index (χ4n) is 2.20. The number of fused-ring (bicyclic) bond motifs is 1. The van der Waals surface area contributed by atoms with Crippen LogP contribution < -0.4 is 11.1 Å². The number of carbonyl (C=O) groups is 1. The van der Waals surface area contributed by atoms with Crippen molar-refractivity contribution in [3.05, 3.63) is 23.2 Å². The second-order valence-electron chi connectivity index (χ2n) is 5.04. The van der Waals surface area contributed by atoms with Crippen LogP contribution in [0, 0.1) is 5.92 Å². The Bertz CT molecular complexity index is 604. The van der Waals surface area contributed by atoms with E-state index in [-0.39, 0.29) is 5.91 Å². The van der Waals surface area contributed by atoms with Crippen molar-refractivity contribution in [2.45, 2.75) is 25.7 Å². The van der Waals surface area contributed by atoms with Crippen molar-refractivity contribution >= 4 is 33.1 Å². The van der Waals surface area contributed by atoms with Gasteiger partial charge in [-0.15, -0.1) is 11.3 Å². The Morgan fingerprint density at radius 1 is 1.53 bits per heavy atom. The van der Waals surface area contributed by atoms with Crippen LogP contribution in [0.3, 0.4) is 0 Å². The molecule has 3 N–H and O–H groups in total. The van der Waals surface area contributed by atoms with Gasteiger partial charge in [0.1, 0.15) is 9.71 Å². The molecule has 0 spiro atoms. The first-order chi connectivity index (χ1) is 9.25. The van der Waals surface area contributed by atoms with E-state index in [4.69, 9.17) is 5.73 Å². The lowest BCUT2D eigenvalue weighted by atomic mass is 10.2. The van der Waals surface area contributed by atoms with E-state index in [1.54, 1.807) is 6.20 Å². The SMILES string of the molecule is Nc1c(C(=O)NCCCC2CC2)sc2ncccc12. The van der Waals surface area contributed by atoms with Crippen molar-refractivity contribution in [1.29, 1.82) is 0 Å². The number of anilines is 1. The maximum Gasteiger partial charge on any atom is 0.263 e. The molecule has 19 heavy (non-hydrogen) atoms. The zero-order valence-corrected chi connectivity index (χ0v) is 11.5. The maximum absolute atomic E-state index is 12.1. The average Bonchev–Trinajstić information content (AvgIpc) is 3.19. The molecule has 2 aromatic rings. The van der Waals surface area contributed by atoms with E-state index in [2.05, 4.69) is 10.3 Å². The van der Waals surface area contributed by atoms with Gasteiger partial charge in [0.2, 0.25) is 0 Å². The molecule has 0 atom stereocenters. The molecule has 2 heterocycles. The fraction of sp³-hybridized carbons (Fsp3) is 0.429. The van der Waals surface area contributed by atoms with Crippen LogP contribution in [0.15, 0.2) is 18.3 Å². The molecule has 1 fully saturated rings. The number of rotatable bonds is 5. The number of hydrogen-bond acceptors (Lipinski definition) is 4. The van der Waals surface area contributed by atoms with Crippen LogP contribution in [-0.2, 0) is 0 Å². The van der Waals surface area contributed by atoms with Crippen LogP contribution in [0.4, 0.5) is 5.69 Å². The highest BCUT2D eigenvalue weighted by Gasteiger charge is 2.20. The molecule has 0 aliphatic heterocycles. The van der Waals surface area contributed by atoms with Gasteiger partial charge in [0.05, 0.1) is 5.69 Å². The third-order valence-corrected chi connectivity index (χ3v) is 4.61. The van der Waals surface area contributed by atoms with Gasteiger partial charge in [0.25, 0.3) is 5.91 Å². The summed E-state index contributed by atoms with van der Waals surface area (Å²) in [5.41, 5.74) is 6.56. The number of pyridine rings is 1. The summed E-state index contributed by atoms with van der Waals surface area (Å²) in [6, 6.07) is 3.74. The van der Waals surface area contributed by atoms with Gasteiger partial charge in [-0.2, -0.15) is 0 Å². The molecular weight excluding hydrogens is 258 g/mol. The molecule has 5 heteroatoms. The number of aromatic nitrogens is 1. The second kappa shape index (κ2) is 5.17. The van der Waals surface area contributed by atoms with Crippen molar-refractivity contribution in [2.24, 2.45) is 5.92 Å². The third-order valence-electron chi connectivity index (χ3n) is 3.48. The van der Waals surface area contributed by atoms with Crippen LogP contribution in [0.25, 0.3) is 10.2 Å². The summed E-state index contributed by atoms with van der Waals surface area (Å²) in [5, 5.41) is 3.82. The van der Waals surface area contributed by atoms with Gasteiger partial charge < -0.3 is 11.1 Å². The highest BCUT2D eigenvalue weighted by molar-refractivity contribution is 7.21. The number of thiophene rings is 1. The predicted octanol–water partition coefficient (Wildman–Crippen LogP) is 2.80. The summed E-state index contributed by atoms with van der Waals surface area (Å²) in [6.07, 6.45) is 6.73. The molecule has 0 unspecified atom stereocenters. The second-order valence-corrected chi connectivity index (χ2v) is 6.04. The molecule has 0 bridgehead atoms. The fourth-order valence-corrected chi connectivity index (χ4v) is 3.18. The molecule has 1 aliphatic carbocycles. The number of nitrogens with zero attached hydrogens (tertiary/aromatic N) is 1. The summed E-state index contributed by atoms with van der Waals surface area (Å²) in [6.45, 7) is 0.733. The summed E-state index contributed by atoms with van der Waals surface area (Å²) in [4.78, 5) is 17.7. The minimum Gasteiger partial charge on any atom is -0.397 e. The third kappa shape index (κ3) is 2.71. The molecule has 0 radical (unpaired) electrons. The number of carbonyl (C=O) groups excluding carboxylic acids is 1. The Hall–Kier alpha value is -1.62. The molecule has 2 aromatic heterocycles. The summed E-state index contributed by atoms with van der Waals surface area (Å²) in [7, 11) is 0. The van der Waals surface area contributed by atoms with E-state index >= 15 is 0 Å². The average molecular weight is 275 g/mol. The smallest absolute Gasteiger partial charge is 0.263 e. The molecule has 0 saturated heterocycles. The lowest BCUT2D eigenvalue weighted by molar-refractivity contribution is 0.0957. The van der Waals surface area contributed by atoms with E-state index in [1.165, 1.54) is 30.6 Å². The Morgan fingerprint density at radius 3 is 3.11 bits per heavy atom. The Balaban J connectivity index is 1.65. The molecule has 4 nitrogen and oxygen atoms in total. The molecule has 0 aromatic carbocycles. The van der Waals surface area contributed by atoms with Gasteiger partial charge in [-0.25, -0.2) is 4.98 Å². The number of amides is 1. The van der Waals surface area contributed by atoms with Gasteiger partial charge in [-0.1, -0.05) is 12.8 Å². The monoisotopic (exact) mass is 275 g/mol. The molecule has 100 valence electrons. The van der Waals surface area contributed by atoms with Gasteiger partial charge in [0, 0.05) is 18.1 Å². The van der Waals surface area contributed by atoms with Crippen LogP contribution in [0.1, 0.15) is 35.4 Å². The molecular formula is C14H17N3OS. The topological polar surface area (TPSA) is 68.0 Å². The largest absolute Gasteiger partial charge is 0.397 e. The number of nitrogens with one attached hydrogen (secondary N) is 1. The van der Waals surface area contributed by atoms with Crippen molar-refractivity contribution in [3.63, 3.8) is 0 Å². The van der Waals surface area contributed by atoms with E-state index in [0.717, 1.165) is 29.1 Å². The van der Waals surface area contributed by atoms with Gasteiger partial charge >= 0.3 is 0 Å². The first-order valence-electron chi connectivity index (χ1n) is 6.67. The Labute approximate surface area is 116 Å². The Kier molecular flexibility index (Phi) is 3.38. The summed E-state index contributed by atoms with van der Waals surface area (Å²) >= 11 is 1.36. The number of nitrogen functional groups attached to an aromatic ring is 1. The quantitative estimate of drug-likeness (QED) is 0.824. The first kappa shape index (κ1) is 12.4. The molecule has 1 aliphatic rings. The first-order valence-corrected chi connectivity index (χ1v) is 7.48. The minimum absolute atomic E-state index is 0.0729. The van der Waals surface area contributed by atoms with Crippen LogP contribution in [0.5, 0.6) is 0 Å². The zero-order chi connectivity index (χ0) is 13.2. The van der Waals surface area contributed by atoms with E-state index in [0.29, 0.717) is 10.6 Å². The number of nitrogens with two attached hydrogens (primary N) is 1. The van der Waals surface area contributed by atoms with Crippen molar-refractivity contribution in [1.82, 2.24) is 10.3 Å².